The van der Waals surface area contributed by atoms with Gasteiger partial charge in [0.25, 0.3) is 5.91 Å². The Hall–Kier alpha value is -0.560. The fourth-order valence-electron chi connectivity index (χ4n) is 2.08. The van der Waals surface area contributed by atoms with Crippen molar-refractivity contribution in [3.05, 3.63) is 24.0 Å². The third kappa shape index (κ3) is 2.98. The summed E-state index contributed by atoms with van der Waals surface area (Å²) in [7, 11) is 0. The smallest absolute Gasteiger partial charge is 0.267 e. The molecule has 2 rings (SSSR count). The van der Waals surface area contributed by atoms with Crippen molar-refractivity contribution < 1.29 is 4.79 Å². The molecular formula is C11H16IN3O. The first-order valence-corrected chi connectivity index (χ1v) is 6.68. The molecule has 1 saturated carbocycles. The minimum absolute atomic E-state index is 0.0101. The number of aromatic amines is 1. The van der Waals surface area contributed by atoms with Gasteiger partial charge in [-0.3, -0.25) is 8.32 Å². The Labute approximate surface area is 109 Å². The molecule has 1 aromatic rings. The van der Waals surface area contributed by atoms with Gasteiger partial charge in [-0.1, -0.05) is 0 Å². The van der Waals surface area contributed by atoms with Gasteiger partial charge in [0.2, 0.25) is 0 Å². The molecule has 4 nitrogen and oxygen atoms in total. The Balaban J connectivity index is 1.81. The number of aromatic nitrogens is 1. The largest absolute Gasteiger partial charge is 0.357 e. The van der Waals surface area contributed by atoms with Crippen LogP contribution in [-0.4, -0.2) is 23.0 Å². The van der Waals surface area contributed by atoms with E-state index in [-0.39, 0.29) is 5.91 Å². The Morgan fingerprint density at radius 3 is 2.56 bits per heavy atom. The SMILES string of the molecule is O=C(NC1CCC(NI)CC1)c1ccc[nH]1. The first-order chi connectivity index (χ1) is 7.79. The predicted octanol–water partition coefficient (Wildman–Crippen LogP) is 2.00. The standard InChI is InChI=1S/C11H16IN3O/c12-15-9-5-3-8(4-6-9)14-11(16)10-2-1-7-13-10/h1-2,7-9,13,15H,3-6H2,(H,14,16). The van der Waals surface area contributed by atoms with E-state index in [1.807, 2.05) is 6.07 Å². The van der Waals surface area contributed by atoms with Crippen LogP contribution in [0.5, 0.6) is 0 Å². The van der Waals surface area contributed by atoms with E-state index in [9.17, 15) is 4.79 Å². The molecular weight excluding hydrogens is 317 g/mol. The van der Waals surface area contributed by atoms with Crippen molar-refractivity contribution in [2.45, 2.75) is 37.8 Å². The molecule has 0 radical (unpaired) electrons. The van der Waals surface area contributed by atoms with Crippen LogP contribution in [-0.2, 0) is 0 Å². The van der Waals surface area contributed by atoms with Gasteiger partial charge in [-0.05, 0) is 37.8 Å². The maximum atomic E-state index is 11.8. The molecule has 0 unspecified atom stereocenters. The molecule has 3 N–H and O–H groups in total. The Bertz CT molecular complexity index is 331. The predicted molar refractivity (Wildman–Crippen MR) is 71.5 cm³/mol. The molecule has 0 aromatic carbocycles. The van der Waals surface area contributed by atoms with Crippen LogP contribution in [0.4, 0.5) is 0 Å². The number of hydrogen-bond acceptors (Lipinski definition) is 2. The molecule has 1 fully saturated rings. The average molecular weight is 333 g/mol. The van der Waals surface area contributed by atoms with Crippen molar-refractivity contribution in [3.8, 4) is 0 Å². The highest BCUT2D eigenvalue weighted by Gasteiger charge is 2.22. The van der Waals surface area contributed by atoms with Gasteiger partial charge < -0.3 is 10.3 Å². The maximum Gasteiger partial charge on any atom is 0.267 e. The lowest BCUT2D eigenvalue weighted by atomic mass is 9.92. The zero-order chi connectivity index (χ0) is 11.4. The summed E-state index contributed by atoms with van der Waals surface area (Å²) in [5, 5.41) is 3.07. The van der Waals surface area contributed by atoms with Crippen LogP contribution >= 0.6 is 22.9 Å². The molecule has 1 aromatic heterocycles. The summed E-state index contributed by atoms with van der Waals surface area (Å²) in [6, 6.07) is 4.58. The zero-order valence-corrected chi connectivity index (χ0v) is 11.2. The highest BCUT2D eigenvalue weighted by atomic mass is 127. The first-order valence-electron chi connectivity index (χ1n) is 5.60. The fourth-order valence-corrected chi connectivity index (χ4v) is 2.70. The van der Waals surface area contributed by atoms with Crippen LogP contribution < -0.4 is 8.85 Å². The van der Waals surface area contributed by atoms with E-state index < -0.39 is 0 Å². The lowest BCUT2D eigenvalue weighted by Crippen LogP contribution is -2.40. The van der Waals surface area contributed by atoms with Gasteiger partial charge in [-0.25, -0.2) is 0 Å². The summed E-state index contributed by atoms with van der Waals surface area (Å²) in [6.07, 6.45) is 6.17. The van der Waals surface area contributed by atoms with Crippen LogP contribution in [0.3, 0.4) is 0 Å². The van der Waals surface area contributed by atoms with Crippen LogP contribution in [0.15, 0.2) is 18.3 Å². The van der Waals surface area contributed by atoms with Crippen molar-refractivity contribution in [1.29, 1.82) is 0 Å². The minimum Gasteiger partial charge on any atom is -0.357 e. The van der Waals surface area contributed by atoms with Crippen LogP contribution in [0.25, 0.3) is 0 Å². The molecule has 1 amide bonds. The van der Waals surface area contributed by atoms with E-state index in [2.05, 4.69) is 36.7 Å². The van der Waals surface area contributed by atoms with Crippen molar-refractivity contribution in [2.24, 2.45) is 0 Å². The van der Waals surface area contributed by atoms with Crippen molar-refractivity contribution in [1.82, 2.24) is 13.8 Å². The number of H-pyrrole nitrogens is 1. The summed E-state index contributed by atoms with van der Waals surface area (Å²) in [5.41, 5.74) is 0.647. The minimum atomic E-state index is 0.0101. The number of nitrogens with one attached hydrogen (secondary N) is 3. The molecule has 16 heavy (non-hydrogen) atoms. The van der Waals surface area contributed by atoms with Gasteiger partial charge in [0, 0.05) is 41.1 Å². The molecule has 0 spiro atoms. The van der Waals surface area contributed by atoms with Gasteiger partial charge in [0.15, 0.2) is 0 Å². The summed E-state index contributed by atoms with van der Waals surface area (Å²) in [4.78, 5) is 14.7. The van der Waals surface area contributed by atoms with Crippen LogP contribution in [0, 0.1) is 0 Å². The third-order valence-corrected chi connectivity index (χ3v) is 3.94. The highest BCUT2D eigenvalue weighted by molar-refractivity contribution is 14.1. The zero-order valence-electron chi connectivity index (χ0n) is 9.00. The molecule has 5 heteroatoms. The van der Waals surface area contributed by atoms with Gasteiger partial charge >= 0.3 is 0 Å². The maximum absolute atomic E-state index is 11.8. The molecule has 0 atom stereocenters. The van der Waals surface area contributed by atoms with E-state index in [4.69, 9.17) is 0 Å². The second-order valence-electron chi connectivity index (χ2n) is 4.21. The molecule has 0 aliphatic heterocycles. The van der Waals surface area contributed by atoms with Crippen LogP contribution in [0.1, 0.15) is 36.2 Å². The Morgan fingerprint density at radius 2 is 2.00 bits per heavy atom. The Morgan fingerprint density at radius 1 is 1.31 bits per heavy atom. The second kappa shape index (κ2) is 5.67. The number of amides is 1. The van der Waals surface area contributed by atoms with Crippen molar-refractivity contribution in [2.75, 3.05) is 0 Å². The molecule has 1 heterocycles. The molecule has 1 aliphatic rings. The monoisotopic (exact) mass is 333 g/mol. The third-order valence-electron chi connectivity index (χ3n) is 3.06. The summed E-state index contributed by atoms with van der Waals surface area (Å²) in [5.74, 6) is 0.0101. The lowest BCUT2D eigenvalue weighted by molar-refractivity contribution is 0.0921. The van der Waals surface area contributed by atoms with E-state index in [0.717, 1.165) is 25.7 Å². The van der Waals surface area contributed by atoms with Gasteiger partial charge in [0.05, 0.1) is 0 Å². The van der Waals surface area contributed by atoms with Crippen molar-refractivity contribution in [3.63, 3.8) is 0 Å². The second-order valence-corrected chi connectivity index (χ2v) is 4.84. The van der Waals surface area contributed by atoms with E-state index in [1.165, 1.54) is 0 Å². The fraction of sp³-hybridized carbons (Fsp3) is 0.545. The van der Waals surface area contributed by atoms with Crippen LogP contribution in [0.2, 0.25) is 0 Å². The van der Waals surface area contributed by atoms with Gasteiger partial charge in [-0.2, -0.15) is 0 Å². The first kappa shape index (κ1) is 11.9. The summed E-state index contributed by atoms with van der Waals surface area (Å²) in [6.45, 7) is 0. The van der Waals surface area contributed by atoms with Crippen molar-refractivity contribution >= 4 is 28.8 Å². The summed E-state index contributed by atoms with van der Waals surface area (Å²) < 4.78 is 3.26. The summed E-state index contributed by atoms with van der Waals surface area (Å²) >= 11 is 2.21. The van der Waals surface area contributed by atoms with E-state index in [0.29, 0.717) is 17.8 Å². The average Bonchev–Trinajstić information content (AvgIpc) is 2.83. The molecule has 0 saturated heterocycles. The van der Waals surface area contributed by atoms with Gasteiger partial charge in [-0.15, -0.1) is 0 Å². The molecule has 0 bridgehead atoms. The number of rotatable bonds is 3. The number of carbonyl (C=O) groups excluding carboxylic acids is 1. The number of carbonyl (C=O) groups is 1. The molecule has 88 valence electrons. The molecule has 1 aliphatic carbocycles. The Kier molecular flexibility index (Phi) is 4.22. The number of hydrogen-bond donors (Lipinski definition) is 3. The number of halogens is 1. The quantitative estimate of drug-likeness (QED) is 0.585. The topological polar surface area (TPSA) is 56.9 Å². The van der Waals surface area contributed by atoms with E-state index in [1.54, 1.807) is 12.3 Å². The highest BCUT2D eigenvalue weighted by Crippen LogP contribution is 2.19. The lowest BCUT2D eigenvalue weighted by Gasteiger charge is -2.28. The van der Waals surface area contributed by atoms with Gasteiger partial charge in [0.1, 0.15) is 5.69 Å². The van der Waals surface area contributed by atoms with E-state index >= 15 is 0 Å². The normalized spacial score (nSPS) is 25.3.